The van der Waals surface area contributed by atoms with E-state index in [0.717, 1.165) is 5.56 Å². The SMILES string of the molecule is COCOc1ccc(OCOC)c(C(=O)c2c(OCOC)cc(CO[Si](C)(C)C(C)(C)C)cc2OCOC)c1CO. The van der Waals surface area contributed by atoms with Crippen LogP contribution in [0.3, 0.4) is 0 Å². The molecule has 0 atom stereocenters. The van der Waals surface area contributed by atoms with Crippen LogP contribution in [-0.2, 0) is 36.6 Å². The Morgan fingerprint density at radius 1 is 0.732 bits per heavy atom. The Morgan fingerprint density at radius 3 is 1.61 bits per heavy atom. The first-order valence-electron chi connectivity index (χ1n) is 13.0. The van der Waals surface area contributed by atoms with Gasteiger partial charge in [0.1, 0.15) is 28.6 Å². The molecule has 0 amide bonds. The van der Waals surface area contributed by atoms with Crippen LogP contribution < -0.4 is 18.9 Å². The number of rotatable bonds is 18. The molecule has 0 heterocycles. The van der Waals surface area contributed by atoms with Crippen LogP contribution in [0.25, 0.3) is 0 Å². The van der Waals surface area contributed by atoms with Gasteiger partial charge in [-0.2, -0.15) is 0 Å². The molecule has 41 heavy (non-hydrogen) atoms. The summed E-state index contributed by atoms with van der Waals surface area (Å²) in [7, 11) is 3.79. The molecule has 0 aliphatic heterocycles. The van der Waals surface area contributed by atoms with Crippen LogP contribution in [0, 0.1) is 0 Å². The standard InChI is InChI=1S/C29H44O11Si/c1-29(2,3)41(8,9)40-15-20-12-24(38-18-34-6)27(25(13-20)39-19-35-7)28(31)26-21(14-30)22(36-16-32-4)10-11-23(26)37-17-33-5/h10-13,30H,14-19H2,1-9H3. The van der Waals surface area contributed by atoms with Gasteiger partial charge in [0.15, 0.2) is 35.5 Å². The zero-order chi connectivity index (χ0) is 30.6. The maximum Gasteiger partial charge on any atom is 0.204 e. The molecule has 0 spiro atoms. The van der Waals surface area contributed by atoms with E-state index in [1.54, 1.807) is 24.3 Å². The number of aliphatic hydroxyl groups excluding tert-OH is 1. The van der Waals surface area contributed by atoms with Gasteiger partial charge in [-0.05, 0) is 48.0 Å². The summed E-state index contributed by atoms with van der Waals surface area (Å²) in [5.74, 6) is 0.275. The number of methoxy groups -OCH3 is 4. The van der Waals surface area contributed by atoms with Gasteiger partial charge in [0, 0.05) is 34.0 Å². The molecule has 0 unspecified atom stereocenters. The molecule has 0 bridgehead atoms. The molecule has 0 aromatic heterocycles. The van der Waals surface area contributed by atoms with Crippen molar-refractivity contribution in [2.45, 2.75) is 52.1 Å². The average Bonchev–Trinajstić information content (AvgIpc) is 2.94. The van der Waals surface area contributed by atoms with Gasteiger partial charge < -0.3 is 47.4 Å². The van der Waals surface area contributed by atoms with Gasteiger partial charge in [0.2, 0.25) is 5.78 Å². The fourth-order valence-corrected chi connectivity index (χ4v) is 4.50. The van der Waals surface area contributed by atoms with Gasteiger partial charge in [0.25, 0.3) is 0 Å². The number of hydrogen-bond donors (Lipinski definition) is 1. The van der Waals surface area contributed by atoms with Gasteiger partial charge in [0.05, 0.1) is 18.8 Å². The summed E-state index contributed by atoms with van der Waals surface area (Å²) >= 11 is 0. The normalized spacial score (nSPS) is 11.9. The fraction of sp³-hybridized carbons (Fsp3) is 0.552. The van der Waals surface area contributed by atoms with Crippen molar-refractivity contribution in [1.82, 2.24) is 0 Å². The summed E-state index contributed by atoms with van der Waals surface area (Å²) in [5.41, 5.74) is 1.06. The summed E-state index contributed by atoms with van der Waals surface area (Å²) in [6, 6.07) is 6.58. The maximum atomic E-state index is 14.4. The second kappa shape index (κ2) is 16.1. The third kappa shape index (κ3) is 9.14. The van der Waals surface area contributed by atoms with E-state index in [-0.39, 0.29) is 78.5 Å². The molecule has 0 aliphatic carbocycles. The second-order valence-electron chi connectivity index (χ2n) is 10.6. The molecule has 11 nitrogen and oxygen atoms in total. The molecular formula is C29H44O11Si. The van der Waals surface area contributed by atoms with Crippen molar-refractivity contribution >= 4 is 14.1 Å². The Bertz CT molecular complexity index is 1100. The Hall–Kier alpha value is -2.71. The zero-order valence-electron chi connectivity index (χ0n) is 25.6. The molecule has 12 heteroatoms. The van der Waals surface area contributed by atoms with Gasteiger partial charge >= 0.3 is 0 Å². The van der Waals surface area contributed by atoms with Gasteiger partial charge in [-0.3, -0.25) is 4.79 Å². The van der Waals surface area contributed by atoms with Crippen molar-refractivity contribution < 1.29 is 52.2 Å². The van der Waals surface area contributed by atoms with E-state index < -0.39 is 20.7 Å². The minimum atomic E-state index is -2.09. The van der Waals surface area contributed by atoms with E-state index in [0.29, 0.717) is 0 Å². The summed E-state index contributed by atoms with van der Waals surface area (Å²) in [6.45, 7) is 10.1. The van der Waals surface area contributed by atoms with Gasteiger partial charge in [-0.15, -0.1) is 0 Å². The first-order chi connectivity index (χ1) is 19.4. The monoisotopic (exact) mass is 596 g/mol. The molecular weight excluding hydrogens is 552 g/mol. The van der Waals surface area contributed by atoms with Crippen molar-refractivity contribution in [2.75, 3.05) is 55.6 Å². The topological polar surface area (TPSA) is 120 Å². The highest BCUT2D eigenvalue weighted by Crippen LogP contribution is 2.41. The minimum Gasteiger partial charge on any atom is -0.467 e. The van der Waals surface area contributed by atoms with Crippen LogP contribution in [0.5, 0.6) is 23.0 Å². The number of ether oxygens (including phenoxy) is 8. The van der Waals surface area contributed by atoms with Crippen molar-refractivity contribution in [3.05, 3.63) is 46.5 Å². The lowest BCUT2D eigenvalue weighted by Crippen LogP contribution is -2.40. The van der Waals surface area contributed by atoms with Crippen molar-refractivity contribution in [3.8, 4) is 23.0 Å². The Labute approximate surface area is 243 Å². The van der Waals surface area contributed by atoms with Gasteiger partial charge in [-0.1, -0.05) is 20.8 Å². The number of benzene rings is 2. The highest BCUT2D eigenvalue weighted by molar-refractivity contribution is 6.74. The second-order valence-corrected chi connectivity index (χ2v) is 15.4. The molecule has 0 radical (unpaired) electrons. The predicted octanol–water partition coefficient (Wildman–Crippen LogP) is 4.86. The van der Waals surface area contributed by atoms with E-state index in [4.69, 9.17) is 42.3 Å². The Morgan fingerprint density at radius 2 is 1.17 bits per heavy atom. The minimum absolute atomic E-state index is 0.00285. The van der Waals surface area contributed by atoms with E-state index in [9.17, 15) is 9.90 Å². The van der Waals surface area contributed by atoms with Crippen LogP contribution in [0.1, 0.15) is 47.8 Å². The van der Waals surface area contributed by atoms with E-state index >= 15 is 0 Å². The Balaban J connectivity index is 2.75. The van der Waals surface area contributed by atoms with Crippen molar-refractivity contribution in [3.63, 3.8) is 0 Å². The number of hydrogen-bond acceptors (Lipinski definition) is 11. The number of carbonyl (C=O) groups is 1. The van der Waals surface area contributed by atoms with Crippen LogP contribution in [0.4, 0.5) is 0 Å². The molecule has 0 aliphatic rings. The van der Waals surface area contributed by atoms with E-state index in [2.05, 4.69) is 33.9 Å². The smallest absolute Gasteiger partial charge is 0.204 e. The van der Waals surface area contributed by atoms with Crippen molar-refractivity contribution in [1.29, 1.82) is 0 Å². The quantitative estimate of drug-likeness (QED) is 0.144. The molecule has 1 N–H and O–H groups in total. The number of carbonyl (C=O) groups excluding carboxylic acids is 1. The Kier molecular flexibility index (Phi) is 13.5. The first kappa shape index (κ1) is 34.5. The molecule has 2 aromatic rings. The van der Waals surface area contributed by atoms with Crippen LogP contribution in [0.15, 0.2) is 24.3 Å². The summed E-state index contributed by atoms with van der Waals surface area (Å²) < 4.78 is 49.9. The summed E-state index contributed by atoms with van der Waals surface area (Å²) in [5, 5.41) is 10.3. The highest BCUT2D eigenvalue weighted by Gasteiger charge is 2.37. The first-order valence-corrected chi connectivity index (χ1v) is 16.0. The molecule has 2 rings (SSSR count). The third-order valence-corrected chi connectivity index (χ3v) is 11.2. The average molecular weight is 597 g/mol. The van der Waals surface area contributed by atoms with E-state index in [1.165, 1.54) is 28.4 Å². The highest BCUT2D eigenvalue weighted by atomic mass is 28.4. The molecule has 2 aromatic carbocycles. The lowest BCUT2D eigenvalue weighted by atomic mass is 9.94. The van der Waals surface area contributed by atoms with E-state index in [1.807, 2.05) is 0 Å². The summed E-state index contributed by atoms with van der Waals surface area (Å²) in [4.78, 5) is 14.4. The third-order valence-electron chi connectivity index (χ3n) is 6.70. The van der Waals surface area contributed by atoms with Crippen molar-refractivity contribution in [2.24, 2.45) is 0 Å². The largest absolute Gasteiger partial charge is 0.467 e. The lowest BCUT2D eigenvalue weighted by molar-refractivity contribution is 0.0436. The predicted molar refractivity (Wildman–Crippen MR) is 154 cm³/mol. The fourth-order valence-electron chi connectivity index (χ4n) is 3.54. The number of ketones is 1. The van der Waals surface area contributed by atoms with Crippen LogP contribution in [0.2, 0.25) is 18.1 Å². The maximum absolute atomic E-state index is 14.4. The summed E-state index contributed by atoms with van der Waals surface area (Å²) in [6.07, 6.45) is 0. The molecule has 0 saturated heterocycles. The van der Waals surface area contributed by atoms with Crippen LogP contribution >= 0.6 is 0 Å². The molecule has 0 fully saturated rings. The van der Waals surface area contributed by atoms with Crippen LogP contribution in [-0.4, -0.2) is 74.8 Å². The molecule has 0 saturated carbocycles. The lowest BCUT2D eigenvalue weighted by Gasteiger charge is -2.36. The number of aliphatic hydroxyl groups is 1. The zero-order valence-corrected chi connectivity index (χ0v) is 26.6. The molecule has 230 valence electrons. The van der Waals surface area contributed by atoms with Gasteiger partial charge in [-0.25, -0.2) is 0 Å².